The first-order chi connectivity index (χ1) is 10.6. The van der Waals surface area contributed by atoms with E-state index in [2.05, 4.69) is 17.2 Å². The second-order valence-corrected chi connectivity index (χ2v) is 6.88. The molecule has 0 heterocycles. The summed E-state index contributed by atoms with van der Waals surface area (Å²) in [5.41, 5.74) is 4.57. The summed E-state index contributed by atoms with van der Waals surface area (Å²) in [6.45, 7) is 2.17. The number of hydrogen-bond acceptors (Lipinski definition) is 3. The van der Waals surface area contributed by atoms with Crippen molar-refractivity contribution in [3.63, 3.8) is 0 Å². The molecule has 0 aliphatic rings. The number of hydrogen-bond donors (Lipinski definition) is 2. The molecule has 0 spiro atoms. The molecule has 0 radical (unpaired) electrons. The number of benzene rings is 2. The Labute approximate surface area is 132 Å². The Morgan fingerprint density at radius 2 is 1.59 bits per heavy atom. The first-order valence-corrected chi connectivity index (χ1v) is 9.02. The third-order valence-corrected chi connectivity index (χ3v) is 4.67. The number of anilines is 1. The molecule has 0 saturated carbocycles. The van der Waals surface area contributed by atoms with Crippen molar-refractivity contribution in [1.29, 1.82) is 0 Å². The van der Waals surface area contributed by atoms with Crippen LogP contribution in [0.5, 0.6) is 0 Å². The molecule has 0 aliphatic carbocycles. The van der Waals surface area contributed by atoms with E-state index in [0.717, 1.165) is 12.8 Å². The van der Waals surface area contributed by atoms with Gasteiger partial charge in [0.25, 0.3) is 10.0 Å². The zero-order chi connectivity index (χ0) is 15.8. The Hall–Kier alpha value is -1.85. The zero-order valence-corrected chi connectivity index (χ0v) is 13.6. The number of hydrazine groups is 1. The number of aryl methyl sites for hydroxylation is 1. The van der Waals surface area contributed by atoms with Crippen LogP contribution in [0.1, 0.15) is 31.7 Å². The maximum absolute atomic E-state index is 12.2. The van der Waals surface area contributed by atoms with Crippen LogP contribution in [0.2, 0.25) is 0 Å². The summed E-state index contributed by atoms with van der Waals surface area (Å²) in [6.07, 6.45) is 4.50. The highest BCUT2D eigenvalue weighted by Gasteiger charge is 2.13. The minimum absolute atomic E-state index is 0.259. The van der Waals surface area contributed by atoms with Crippen molar-refractivity contribution in [2.24, 2.45) is 0 Å². The predicted octanol–water partition coefficient (Wildman–Crippen LogP) is 3.72. The van der Waals surface area contributed by atoms with Crippen molar-refractivity contribution in [2.45, 2.75) is 37.5 Å². The summed E-state index contributed by atoms with van der Waals surface area (Å²) < 4.78 is 24.4. The molecule has 2 aromatic rings. The van der Waals surface area contributed by atoms with E-state index in [0.29, 0.717) is 5.69 Å². The van der Waals surface area contributed by atoms with Crippen LogP contribution in [0.25, 0.3) is 0 Å². The summed E-state index contributed by atoms with van der Waals surface area (Å²) in [5.74, 6) is 0. The SMILES string of the molecule is CCCCCc1ccc(S(=O)(=O)NNc2ccccc2)cc1. The average Bonchev–Trinajstić information content (AvgIpc) is 2.55. The summed E-state index contributed by atoms with van der Waals surface area (Å²) in [4.78, 5) is 2.64. The van der Waals surface area contributed by atoms with E-state index in [1.54, 1.807) is 24.3 Å². The Morgan fingerprint density at radius 1 is 0.909 bits per heavy atom. The van der Waals surface area contributed by atoms with Gasteiger partial charge in [-0.25, -0.2) is 8.42 Å². The summed E-state index contributed by atoms with van der Waals surface area (Å²) in [5, 5.41) is 0. The van der Waals surface area contributed by atoms with Gasteiger partial charge < -0.3 is 5.43 Å². The van der Waals surface area contributed by atoms with Crippen molar-refractivity contribution < 1.29 is 8.42 Å². The second-order valence-electron chi connectivity index (χ2n) is 5.20. The molecule has 2 aromatic carbocycles. The van der Waals surface area contributed by atoms with Gasteiger partial charge in [0, 0.05) is 5.69 Å². The van der Waals surface area contributed by atoms with E-state index >= 15 is 0 Å². The Kier molecular flexibility index (Phi) is 5.98. The highest BCUT2D eigenvalue weighted by atomic mass is 32.2. The molecule has 0 unspecified atom stereocenters. The van der Waals surface area contributed by atoms with Gasteiger partial charge in [-0.3, -0.25) is 0 Å². The fourth-order valence-corrected chi connectivity index (χ4v) is 2.99. The number of nitrogens with one attached hydrogen (secondary N) is 2. The van der Waals surface area contributed by atoms with Gasteiger partial charge in [-0.2, -0.15) is 0 Å². The average molecular weight is 318 g/mol. The van der Waals surface area contributed by atoms with E-state index < -0.39 is 10.0 Å². The lowest BCUT2D eigenvalue weighted by Crippen LogP contribution is -2.29. The van der Waals surface area contributed by atoms with Gasteiger partial charge in [0.1, 0.15) is 0 Å². The molecule has 0 fully saturated rings. The first kappa shape index (κ1) is 16.5. The lowest BCUT2D eigenvalue weighted by molar-refractivity contribution is 0.587. The van der Waals surface area contributed by atoms with E-state index in [1.165, 1.54) is 18.4 Å². The van der Waals surface area contributed by atoms with E-state index in [1.807, 2.05) is 30.3 Å². The van der Waals surface area contributed by atoms with Gasteiger partial charge in [0.15, 0.2) is 0 Å². The Bertz CT molecular complexity index is 668. The summed E-state index contributed by atoms with van der Waals surface area (Å²) >= 11 is 0. The number of rotatable bonds is 8. The van der Waals surface area contributed by atoms with Crippen LogP contribution < -0.4 is 10.3 Å². The molecular formula is C17H22N2O2S. The molecule has 118 valence electrons. The molecular weight excluding hydrogens is 296 g/mol. The fraction of sp³-hybridized carbons (Fsp3) is 0.294. The van der Waals surface area contributed by atoms with Crippen LogP contribution in [0.4, 0.5) is 5.69 Å². The molecule has 5 heteroatoms. The number of para-hydroxylation sites is 1. The lowest BCUT2D eigenvalue weighted by Gasteiger charge is -2.10. The van der Waals surface area contributed by atoms with E-state index in [-0.39, 0.29) is 4.90 Å². The molecule has 0 aromatic heterocycles. The molecule has 2 rings (SSSR count). The summed E-state index contributed by atoms with van der Waals surface area (Å²) in [6, 6.07) is 16.2. The maximum Gasteiger partial charge on any atom is 0.257 e. The third kappa shape index (κ3) is 4.86. The topological polar surface area (TPSA) is 58.2 Å². The van der Waals surface area contributed by atoms with Crippen LogP contribution in [-0.4, -0.2) is 8.42 Å². The van der Waals surface area contributed by atoms with Crippen LogP contribution in [0.15, 0.2) is 59.5 Å². The van der Waals surface area contributed by atoms with Crippen LogP contribution in [-0.2, 0) is 16.4 Å². The molecule has 0 aliphatic heterocycles. The quantitative estimate of drug-likeness (QED) is 0.576. The number of sulfonamides is 1. The largest absolute Gasteiger partial charge is 0.308 e. The zero-order valence-electron chi connectivity index (χ0n) is 12.7. The highest BCUT2D eigenvalue weighted by molar-refractivity contribution is 7.89. The standard InChI is InChI=1S/C17H22N2O2S/c1-2-3-5-8-15-11-13-17(14-12-15)22(20,21)19-18-16-9-6-4-7-10-16/h4,6-7,9-14,18-19H,2-3,5,8H2,1H3. The van der Waals surface area contributed by atoms with Crippen LogP contribution in [0.3, 0.4) is 0 Å². The number of unbranched alkanes of at least 4 members (excludes halogenated alkanes) is 2. The van der Waals surface area contributed by atoms with E-state index in [4.69, 9.17) is 0 Å². The fourth-order valence-electron chi connectivity index (χ4n) is 2.12. The van der Waals surface area contributed by atoms with E-state index in [9.17, 15) is 8.42 Å². The molecule has 0 saturated heterocycles. The van der Waals surface area contributed by atoms with Crippen LogP contribution >= 0.6 is 0 Å². The highest BCUT2D eigenvalue weighted by Crippen LogP contribution is 2.13. The minimum Gasteiger partial charge on any atom is -0.308 e. The van der Waals surface area contributed by atoms with Gasteiger partial charge in [0.2, 0.25) is 0 Å². The Balaban J connectivity index is 1.97. The van der Waals surface area contributed by atoms with Crippen molar-refractivity contribution in [2.75, 3.05) is 5.43 Å². The molecule has 0 atom stereocenters. The monoisotopic (exact) mass is 318 g/mol. The lowest BCUT2D eigenvalue weighted by atomic mass is 10.1. The van der Waals surface area contributed by atoms with Gasteiger partial charge in [-0.05, 0) is 42.7 Å². The molecule has 0 bridgehead atoms. The van der Waals surface area contributed by atoms with Crippen molar-refractivity contribution >= 4 is 15.7 Å². The smallest absolute Gasteiger partial charge is 0.257 e. The predicted molar refractivity (Wildman–Crippen MR) is 90.1 cm³/mol. The first-order valence-electron chi connectivity index (χ1n) is 7.53. The molecule has 0 amide bonds. The van der Waals surface area contributed by atoms with Gasteiger partial charge in [-0.15, -0.1) is 4.83 Å². The van der Waals surface area contributed by atoms with Gasteiger partial charge in [-0.1, -0.05) is 50.1 Å². The van der Waals surface area contributed by atoms with Crippen molar-refractivity contribution in [3.8, 4) is 0 Å². The van der Waals surface area contributed by atoms with Crippen molar-refractivity contribution in [1.82, 2.24) is 4.83 Å². The molecule has 22 heavy (non-hydrogen) atoms. The van der Waals surface area contributed by atoms with Crippen molar-refractivity contribution in [3.05, 3.63) is 60.2 Å². The minimum atomic E-state index is -3.56. The molecule has 2 N–H and O–H groups in total. The normalized spacial score (nSPS) is 11.3. The van der Waals surface area contributed by atoms with Gasteiger partial charge in [0.05, 0.1) is 4.90 Å². The second kappa shape index (κ2) is 7.96. The maximum atomic E-state index is 12.2. The van der Waals surface area contributed by atoms with Crippen LogP contribution in [0, 0.1) is 0 Å². The van der Waals surface area contributed by atoms with Gasteiger partial charge >= 0.3 is 0 Å². The third-order valence-electron chi connectivity index (χ3n) is 3.41. The molecule has 4 nitrogen and oxygen atoms in total. The Morgan fingerprint density at radius 3 is 2.23 bits per heavy atom. The summed E-state index contributed by atoms with van der Waals surface area (Å²) in [7, 11) is -3.56.